The molecule has 0 aliphatic carbocycles. The number of carbonyl (C=O) groups is 1. The molecule has 0 aliphatic heterocycles. The van der Waals surface area contributed by atoms with Gasteiger partial charge in [0.25, 0.3) is 0 Å². The Labute approximate surface area is 99.4 Å². The van der Waals surface area contributed by atoms with E-state index in [-0.39, 0.29) is 11.9 Å². The highest BCUT2D eigenvalue weighted by Gasteiger charge is 2.25. The Hall–Kier alpha value is -1.04. The zero-order valence-electron chi connectivity index (χ0n) is 11.2. The number of rotatable bonds is 6. The molecule has 0 saturated carbocycles. The van der Waals surface area contributed by atoms with Crippen LogP contribution in [-0.2, 0) is 4.79 Å². The second-order valence-corrected chi connectivity index (χ2v) is 4.95. The van der Waals surface area contributed by atoms with E-state index in [0.29, 0.717) is 12.3 Å². The van der Waals surface area contributed by atoms with Crippen molar-refractivity contribution in [2.24, 2.45) is 11.8 Å². The van der Waals surface area contributed by atoms with Crippen LogP contribution in [0.25, 0.3) is 0 Å². The summed E-state index contributed by atoms with van der Waals surface area (Å²) in [7, 11) is 0. The van der Waals surface area contributed by atoms with E-state index < -0.39 is 5.92 Å². The minimum Gasteiger partial charge on any atom is -0.339 e. The van der Waals surface area contributed by atoms with Crippen molar-refractivity contribution in [3.05, 3.63) is 0 Å². The van der Waals surface area contributed by atoms with Gasteiger partial charge in [0.1, 0.15) is 5.92 Å². The summed E-state index contributed by atoms with van der Waals surface area (Å²) in [5.41, 5.74) is 0. The predicted molar refractivity (Wildman–Crippen MR) is 65.7 cm³/mol. The van der Waals surface area contributed by atoms with Crippen LogP contribution >= 0.6 is 0 Å². The lowest BCUT2D eigenvalue weighted by molar-refractivity contribution is -0.136. The molecule has 1 amide bonds. The first-order valence-corrected chi connectivity index (χ1v) is 6.14. The molecule has 0 N–H and O–H groups in total. The van der Waals surface area contributed by atoms with Crippen LogP contribution < -0.4 is 0 Å². The van der Waals surface area contributed by atoms with E-state index >= 15 is 0 Å². The Morgan fingerprint density at radius 1 is 1.31 bits per heavy atom. The number of carbonyl (C=O) groups excluding carboxylic acids is 1. The van der Waals surface area contributed by atoms with Crippen LogP contribution in [0.5, 0.6) is 0 Å². The normalized spacial score (nSPS) is 12.6. The molecule has 0 heterocycles. The van der Waals surface area contributed by atoms with Gasteiger partial charge in [-0.05, 0) is 26.2 Å². The predicted octanol–water partition coefficient (Wildman–Crippen LogP) is 2.82. The van der Waals surface area contributed by atoms with E-state index in [1.165, 1.54) is 0 Å². The van der Waals surface area contributed by atoms with Gasteiger partial charge in [-0.1, -0.05) is 27.2 Å². The number of amides is 1. The van der Waals surface area contributed by atoms with Gasteiger partial charge in [-0.2, -0.15) is 5.26 Å². The highest BCUT2D eigenvalue weighted by atomic mass is 16.2. The number of nitriles is 1. The molecule has 0 radical (unpaired) electrons. The smallest absolute Gasteiger partial charge is 0.240 e. The second kappa shape index (κ2) is 7.27. The van der Waals surface area contributed by atoms with Gasteiger partial charge in [0.2, 0.25) is 5.91 Å². The molecule has 3 heteroatoms. The van der Waals surface area contributed by atoms with Crippen molar-refractivity contribution in [3.8, 4) is 6.07 Å². The van der Waals surface area contributed by atoms with Crippen LogP contribution in [0.15, 0.2) is 0 Å². The Morgan fingerprint density at radius 3 is 2.19 bits per heavy atom. The Bertz CT molecular complexity index is 253. The Kier molecular flexibility index (Phi) is 6.80. The largest absolute Gasteiger partial charge is 0.339 e. The number of hydrogen-bond acceptors (Lipinski definition) is 2. The molecule has 1 unspecified atom stereocenters. The Morgan fingerprint density at radius 2 is 1.88 bits per heavy atom. The molecule has 0 bridgehead atoms. The minimum atomic E-state index is -0.467. The summed E-state index contributed by atoms with van der Waals surface area (Å²) < 4.78 is 0. The third-order valence-corrected chi connectivity index (χ3v) is 2.50. The van der Waals surface area contributed by atoms with Crippen molar-refractivity contribution in [2.45, 2.75) is 53.5 Å². The van der Waals surface area contributed by atoms with E-state index in [9.17, 15) is 4.79 Å². The molecule has 92 valence electrons. The lowest BCUT2D eigenvalue weighted by Crippen LogP contribution is -2.42. The molecule has 0 aromatic heterocycles. The first kappa shape index (κ1) is 15.0. The lowest BCUT2D eigenvalue weighted by atomic mass is 10.0. The van der Waals surface area contributed by atoms with Crippen LogP contribution in [-0.4, -0.2) is 23.4 Å². The molecular formula is C13H24N2O. The van der Waals surface area contributed by atoms with Crippen molar-refractivity contribution in [3.63, 3.8) is 0 Å². The SMILES string of the molecule is CCCC(C#N)C(=O)N(CC(C)C)C(C)C. The first-order valence-electron chi connectivity index (χ1n) is 6.14. The van der Waals surface area contributed by atoms with Crippen molar-refractivity contribution in [2.75, 3.05) is 6.54 Å². The molecule has 0 aromatic rings. The first-order chi connectivity index (χ1) is 7.43. The van der Waals surface area contributed by atoms with Crippen LogP contribution in [0.2, 0.25) is 0 Å². The highest BCUT2D eigenvalue weighted by molar-refractivity contribution is 5.81. The standard InChI is InChI=1S/C13H24N2O/c1-6-7-12(8-14)13(16)15(11(4)5)9-10(2)3/h10-12H,6-7,9H2,1-5H3. The molecular weight excluding hydrogens is 200 g/mol. The topological polar surface area (TPSA) is 44.1 Å². The fourth-order valence-corrected chi connectivity index (χ4v) is 1.68. The second-order valence-electron chi connectivity index (χ2n) is 4.95. The number of nitrogens with zero attached hydrogens (tertiary/aromatic N) is 2. The molecule has 3 nitrogen and oxygen atoms in total. The molecule has 0 rings (SSSR count). The van der Waals surface area contributed by atoms with Gasteiger partial charge in [0.15, 0.2) is 0 Å². The molecule has 0 fully saturated rings. The fourth-order valence-electron chi connectivity index (χ4n) is 1.68. The average molecular weight is 224 g/mol. The van der Waals surface area contributed by atoms with Crippen molar-refractivity contribution in [1.82, 2.24) is 4.90 Å². The van der Waals surface area contributed by atoms with Gasteiger partial charge in [-0.15, -0.1) is 0 Å². The molecule has 0 saturated heterocycles. The van der Waals surface area contributed by atoms with Gasteiger partial charge in [-0.3, -0.25) is 4.79 Å². The van der Waals surface area contributed by atoms with Crippen LogP contribution in [0.3, 0.4) is 0 Å². The Balaban J connectivity index is 4.66. The van der Waals surface area contributed by atoms with E-state index in [4.69, 9.17) is 5.26 Å². The van der Waals surface area contributed by atoms with Crippen LogP contribution in [0.1, 0.15) is 47.5 Å². The number of hydrogen-bond donors (Lipinski definition) is 0. The molecule has 1 atom stereocenters. The van der Waals surface area contributed by atoms with E-state index in [0.717, 1.165) is 13.0 Å². The van der Waals surface area contributed by atoms with E-state index in [1.807, 2.05) is 25.7 Å². The average Bonchev–Trinajstić information content (AvgIpc) is 2.21. The maximum atomic E-state index is 12.1. The third kappa shape index (κ3) is 4.65. The van der Waals surface area contributed by atoms with E-state index in [1.54, 1.807) is 0 Å². The van der Waals surface area contributed by atoms with E-state index in [2.05, 4.69) is 19.9 Å². The molecule has 16 heavy (non-hydrogen) atoms. The summed E-state index contributed by atoms with van der Waals surface area (Å²) in [4.78, 5) is 14.0. The summed E-state index contributed by atoms with van der Waals surface area (Å²) >= 11 is 0. The minimum absolute atomic E-state index is 0.00644. The maximum absolute atomic E-state index is 12.1. The zero-order chi connectivity index (χ0) is 12.7. The monoisotopic (exact) mass is 224 g/mol. The maximum Gasteiger partial charge on any atom is 0.240 e. The van der Waals surface area contributed by atoms with Gasteiger partial charge in [-0.25, -0.2) is 0 Å². The quantitative estimate of drug-likeness (QED) is 0.696. The summed E-state index contributed by atoms with van der Waals surface area (Å²) in [6.45, 7) is 10.9. The summed E-state index contributed by atoms with van der Waals surface area (Å²) in [6, 6.07) is 2.29. The van der Waals surface area contributed by atoms with Gasteiger partial charge < -0.3 is 4.90 Å². The fraction of sp³-hybridized carbons (Fsp3) is 0.846. The van der Waals surface area contributed by atoms with Crippen molar-refractivity contribution in [1.29, 1.82) is 5.26 Å². The third-order valence-electron chi connectivity index (χ3n) is 2.50. The van der Waals surface area contributed by atoms with Crippen LogP contribution in [0.4, 0.5) is 0 Å². The summed E-state index contributed by atoms with van der Waals surface area (Å²) in [5, 5.41) is 8.99. The van der Waals surface area contributed by atoms with Gasteiger partial charge >= 0.3 is 0 Å². The summed E-state index contributed by atoms with van der Waals surface area (Å²) in [6.07, 6.45) is 1.54. The summed E-state index contributed by atoms with van der Waals surface area (Å²) in [5.74, 6) is -0.0356. The lowest BCUT2D eigenvalue weighted by Gasteiger charge is -2.30. The van der Waals surface area contributed by atoms with Crippen molar-refractivity contribution < 1.29 is 4.79 Å². The molecule has 0 aliphatic rings. The van der Waals surface area contributed by atoms with Gasteiger partial charge in [0, 0.05) is 12.6 Å². The van der Waals surface area contributed by atoms with Crippen molar-refractivity contribution >= 4 is 5.91 Å². The molecule has 0 spiro atoms. The van der Waals surface area contributed by atoms with Gasteiger partial charge in [0.05, 0.1) is 6.07 Å². The highest BCUT2D eigenvalue weighted by Crippen LogP contribution is 2.14. The van der Waals surface area contributed by atoms with Crippen LogP contribution in [0, 0.1) is 23.2 Å². The zero-order valence-corrected chi connectivity index (χ0v) is 11.2. The molecule has 0 aromatic carbocycles.